The Morgan fingerprint density at radius 2 is 1.70 bits per heavy atom. The second-order valence-corrected chi connectivity index (χ2v) is 10.7. The summed E-state index contributed by atoms with van der Waals surface area (Å²) in [5.74, 6) is -0.792. The zero-order valence-electron chi connectivity index (χ0n) is 22.6. The van der Waals surface area contributed by atoms with E-state index in [1.54, 1.807) is 48.9 Å². The van der Waals surface area contributed by atoms with Crippen molar-refractivity contribution >= 4 is 55.2 Å². The number of carbonyl (C=O) groups excluding carboxylic acids is 1. The minimum atomic E-state index is -4.83. The molecule has 0 radical (unpaired) electrons. The van der Waals surface area contributed by atoms with Crippen LogP contribution in [-0.2, 0) is 17.2 Å². The zero-order valence-corrected chi connectivity index (χ0v) is 25.4. The van der Waals surface area contributed by atoms with Crippen LogP contribution in [0.5, 0.6) is 5.75 Å². The van der Waals surface area contributed by atoms with Crippen LogP contribution in [0.3, 0.4) is 0 Å². The number of azo groups is 1. The summed E-state index contributed by atoms with van der Waals surface area (Å²) in [5, 5.41) is 23.0. The summed E-state index contributed by atoms with van der Waals surface area (Å²) in [7, 11) is -3.05. The van der Waals surface area contributed by atoms with Gasteiger partial charge in [0.05, 0.1) is 21.5 Å². The van der Waals surface area contributed by atoms with E-state index in [1.807, 2.05) is 26.0 Å². The molecular weight excluding hydrogens is 541 g/mol. The largest absolute Gasteiger partial charge is 1.00 e. The molecule has 1 heterocycles. The molecule has 1 aromatic heterocycles. The third-order valence-electron chi connectivity index (χ3n) is 6.60. The minimum Gasteiger partial charge on any atom is -0.744 e. The normalized spacial score (nSPS) is 11.7. The van der Waals surface area contributed by atoms with Gasteiger partial charge in [-0.1, -0.05) is 30.3 Å². The number of hydrogen-bond donors (Lipinski definition) is 2. The van der Waals surface area contributed by atoms with Crippen molar-refractivity contribution in [1.82, 2.24) is 9.55 Å². The van der Waals surface area contributed by atoms with Crippen LogP contribution < -0.4 is 34.9 Å². The molecule has 0 unspecified atom stereocenters. The van der Waals surface area contributed by atoms with Crippen molar-refractivity contribution in [3.63, 3.8) is 0 Å². The molecule has 0 aliphatic rings. The van der Waals surface area contributed by atoms with Crippen LogP contribution in [0.4, 0.5) is 17.3 Å². The Balaban J connectivity index is 0.00000370. The molecule has 0 atom stereocenters. The van der Waals surface area contributed by atoms with Crippen LogP contribution in [0.1, 0.15) is 27.0 Å². The number of carbonyl (C=O) groups is 1. The number of phenols is 1. The molecule has 0 saturated carbocycles. The standard InChI is InChI=1S/C28H25N5O5S.Na/c1-15-9-10-21(24(11-15)39(36,37)38)31-32-25-19-8-6-5-7-18(19)14-20(26(25)34)27(35)30-28-29-22-12-16(2)17(3)13-23(22)33(28)4;/h5-14,34H,1-4H3,(H,29,30,35)(H,36,37,38);/q;+1/p-1. The van der Waals surface area contributed by atoms with Gasteiger partial charge >= 0.3 is 29.6 Å². The van der Waals surface area contributed by atoms with Gasteiger partial charge in [-0.15, -0.1) is 10.2 Å². The fraction of sp³-hybridized carbons (Fsp3) is 0.143. The fourth-order valence-corrected chi connectivity index (χ4v) is 5.02. The second kappa shape index (κ2) is 11.1. The number of rotatable bonds is 5. The molecule has 0 aliphatic heterocycles. The number of aromatic hydroxyl groups is 1. The molecule has 5 aromatic rings. The van der Waals surface area contributed by atoms with Crippen molar-refractivity contribution in [3.05, 3.63) is 82.9 Å². The molecule has 1 amide bonds. The maximum Gasteiger partial charge on any atom is 1.00 e. The van der Waals surface area contributed by atoms with Crippen LogP contribution in [-0.4, -0.2) is 33.5 Å². The Hall–Kier alpha value is -3.61. The molecule has 40 heavy (non-hydrogen) atoms. The predicted molar refractivity (Wildman–Crippen MR) is 147 cm³/mol. The minimum absolute atomic E-state index is 0. The second-order valence-electron chi connectivity index (χ2n) is 9.34. The van der Waals surface area contributed by atoms with Gasteiger partial charge in [0.15, 0.2) is 5.75 Å². The van der Waals surface area contributed by atoms with Gasteiger partial charge in [-0.25, -0.2) is 13.4 Å². The van der Waals surface area contributed by atoms with E-state index in [4.69, 9.17) is 0 Å². The molecule has 4 aromatic carbocycles. The van der Waals surface area contributed by atoms with Crippen molar-refractivity contribution in [1.29, 1.82) is 0 Å². The van der Waals surface area contributed by atoms with Gasteiger partial charge in [0.1, 0.15) is 21.5 Å². The summed E-state index contributed by atoms with van der Waals surface area (Å²) in [6, 6.07) is 16.5. The Morgan fingerprint density at radius 1 is 1.00 bits per heavy atom. The number of anilines is 1. The summed E-state index contributed by atoms with van der Waals surface area (Å²) in [6.07, 6.45) is 0. The number of amides is 1. The first-order chi connectivity index (χ1) is 18.4. The van der Waals surface area contributed by atoms with Crippen molar-refractivity contribution in [2.24, 2.45) is 17.3 Å². The Labute approximate surface area is 252 Å². The number of hydrogen-bond acceptors (Lipinski definition) is 8. The molecular formula is C28H24N5NaO5S. The number of nitrogens with one attached hydrogen (secondary N) is 1. The summed E-state index contributed by atoms with van der Waals surface area (Å²) in [4.78, 5) is 17.4. The summed E-state index contributed by atoms with van der Waals surface area (Å²) in [5.41, 5.74) is 3.96. The van der Waals surface area contributed by atoms with Crippen LogP contribution in [0, 0.1) is 20.8 Å². The van der Waals surface area contributed by atoms with Crippen molar-refractivity contribution in [2.45, 2.75) is 25.7 Å². The van der Waals surface area contributed by atoms with Crippen LogP contribution in [0.25, 0.3) is 21.8 Å². The number of benzene rings is 4. The van der Waals surface area contributed by atoms with E-state index in [1.165, 1.54) is 18.2 Å². The smallest absolute Gasteiger partial charge is 0.744 e. The first-order valence-corrected chi connectivity index (χ1v) is 13.3. The van der Waals surface area contributed by atoms with Crippen LogP contribution >= 0.6 is 0 Å². The molecule has 5 rings (SSSR count). The number of phenolic OH excluding ortho intramolecular Hbond substituents is 1. The number of aromatic nitrogens is 2. The van der Waals surface area contributed by atoms with E-state index < -0.39 is 26.7 Å². The molecule has 12 heteroatoms. The van der Waals surface area contributed by atoms with Gasteiger partial charge in [-0.05, 0) is 73.2 Å². The van der Waals surface area contributed by atoms with Crippen LogP contribution in [0.15, 0.2) is 75.8 Å². The fourth-order valence-electron chi connectivity index (χ4n) is 4.33. The Morgan fingerprint density at radius 3 is 2.42 bits per heavy atom. The van der Waals surface area contributed by atoms with E-state index >= 15 is 0 Å². The summed E-state index contributed by atoms with van der Waals surface area (Å²) in [6.45, 7) is 5.62. The average Bonchev–Trinajstić information content (AvgIpc) is 3.17. The number of imidazole rings is 1. The summed E-state index contributed by atoms with van der Waals surface area (Å²) < 4.78 is 37.1. The molecule has 0 aliphatic carbocycles. The number of aryl methyl sites for hydroxylation is 4. The van der Waals surface area contributed by atoms with E-state index in [0.29, 0.717) is 22.3 Å². The van der Waals surface area contributed by atoms with Crippen molar-refractivity contribution in [3.8, 4) is 5.75 Å². The molecule has 0 spiro atoms. The molecule has 198 valence electrons. The molecule has 0 saturated heterocycles. The number of fused-ring (bicyclic) bond motifs is 2. The van der Waals surface area contributed by atoms with Crippen LogP contribution in [0.2, 0.25) is 0 Å². The van der Waals surface area contributed by atoms with Gasteiger partial charge in [-0.3, -0.25) is 10.1 Å². The van der Waals surface area contributed by atoms with E-state index in [9.17, 15) is 22.9 Å². The van der Waals surface area contributed by atoms with Gasteiger partial charge in [0.2, 0.25) is 5.95 Å². The Bertz CT molecular complexity index is 1950. The van der Waals surface area contributed by atoms with Crippen molar-refractivity contribution < 1.29 is 52.4 Å². The molecule has 2 N–H and O–H groups in total. The predicted octanol–water partition coefficient (Wildman–Crippen LogP) is 2.93. The molecule has 0 fully saturated rings. The van der Waals surface area contributed by atoms with Gasteiger partial charge < -0.3 is 14.2 Å². The van der Waals surface area contributed by atoms with E-state index in [0.717, 1.165) is 22.2 Å². The number of nitrogens with zero attached hydrogens (tertiary/aromatic N) is 4. The topological polar surface area (TPSA) is 149 Å². The van der Waals surface area contributed by atoms with Gasteiger partial charge in [-0.2, -0.15) is 0 Å². The molecule has 0 bridgehead atoms. The molecule has 10 nitrogen and oxygen atoms in total. The SMILES string of the molecule is Cc1ccc(N=Nc2c(O)c(C(=O)Nc3nc4cc(C)c(C)cc4n3C)cc3ccccc23)c(S(=O)(=O)[O-])c1.[Na+]. The maximum atomic E-state index is 13.4. The third kappa shape index (κ3) is 5.51. The quantitative estimate of drug-likeness (QED) is 0.190. The maximum absolute atomic E-state index is 13.4. The third-order valence-corrected chi connectivity index (χ3v) is 7.47. The zero-order chi connectivity index (χ0) is 28.1. The average molecular weight is 566 g/mol. The Kier molecular flexibility index (Phi) is 8.16. The monoisotopic (exact) mass is 565 g/mol. The van der Waals surface area contributed by atoms with Crippen molar-refractivity contribution in [2.75, 3.05) is 5.32 Å². The van der Waals surface area contributed by atoms with Gasteiger partial charge in [0, 0.05) is 12.4 Å². The summed E-state index contributed by atoms with van der Waals surface area (Å²) >= 11 is 0. The van der Waals surface area contributed by atoms with Gasteiger partial charge in [0.25, 0.3) is 5.91 Å². The first kappa shape index (κ1) is 29.4. The van der Waals surface area contributed by atoms with E-state index in [2.05, 4.69) is 20.5 Å². The van der Waals surface area contributed by atoms with E-state index in [-0.39, 0.29) is 46.5 Å². The first-order valence-electron chi connectivity index (χ1n) is 11.9.